The van der Waals surface area contributed by atoms with E-state index < -0.39 is 0 Å². The Morgan fingerprint density at radius 1 is 1.46 bits per heavy atom. The summed E-state index contributed by atoms with van der Waals surface area (Å²) in [5.74, 6) is 0.387. The maximum atomic E-state index is 12.4. The van der Waals surface area contributed by atoms with Crippen LogP contribution in [-0.2, 0) is 17.9 Å². The Labute approximate surface area is 139 Å². The van der Waals surface area contributed by atoms with Crippen molar-refractivity contribution in [2.45, 2.75) is 32.9 Å². The van der Waals surface area contributed by atoms with Crippen molar-refractivity contribution in [1.29, 1.82) is 0 Å². The van der Waals surface area contributed by atoms with Crippen LogP contribution >= 0.6 is 0 Å². The molecule has 1 aliphatic heterocycles. The van der Waals surface area contributed by atoms with Crippen molar-refractivity contribution in [3.8, 4) is 0 Å². The molecule has 3 rings (SSSR count). The van der Waals surface area contributed by atoms with Crippen LogP contribution in [0.15, 0.2) is 29.3 Å². The molecule has 0 radical (unpaired) electrons. The average Bonchev–Trinajstić information content (AvgIpc) is 3.30. The first kappa shape index (κ1) is 16.2. The van der Waals surface area contributed by atoms with Gasteiger partial charge >= 0.3 is 0 Å². The number of furan rings is 1. The Morgan fingerprint density at radius 2 is 2.33 bits per heavy atom. The Kier molecular flexibility index (Phi) is 4.93. The van der Waals surface area contributed by atoms with Crippen LogP contribution in [-0.4, -0.2) is 44.6 Å². The molecule has 0 aromatic carbocycles. The van der Waals surface area contributed by atoms with Crippen molar-refractivity contribution < 1.29 is 14.0 Å². The summed E-state index contributed by atoms with van der Waals surface area (Å²) in [6.45, 7) is 4.19. The molecule has 0 spiro atoms. The van der Waals surface area contributed by atoms with Crippen LogP contribution in [0.1, 0.15) is 35.9 Å². The number of aromatic nitrogens is 3. The second kappa shape index (κ2) is 7.29. The van der Waals surface area contributed by atoms with E-state index in [1.54, 1.807) is 17.3 Å². The molecule has 8 nitrogen and oxygen atoms in total. The molecule has 1 aliphatic rings. The van der Waals surface area contributed by atoms with E-state index in [0.717, 1.165) is 25.2 Å². The van der Waals surface area contributed by atoms with Crippen LogP contribution < -0.4 is 5.32 Å². The molecule has 0 aliphatic carbocycles. The maximum absolute atomic E-state index is 12.4. The van der Waals surface area contributed by atoms with Gasteiger partial charge in [-0.15, -0.1) is 10.2 Å². The van der Waals surface area contributed by atoms with Crippen LogP contribution in [0, 0.1) is 5.92 Å². The van der Waals surface area contributed by atoms with E-state index in [1.807, 2.05) is 11.5 Å². The van der Waals surface area contributed by atoms with Gasteiger partial charge in [0.1, 0.15) is 12.6 Å². The highest BCUT2D eigenvalue weighted by Crippen LogP contribution is 2.19. The van der Waals surface area contributed by atoms with E-state index >= 15 is 0 Å². The molecule has 1 N–H and O–H groups in total. The first-order valence-corrected chi connectivity index (χ1v) is 8.15. The highest BCUT2D eigenvalue weighted by atomic mass is 16.3. The predicted molar refractivity (Wildman–Crippen MR) is 84.9 cm³/mol. The molecule has 1 unspecified atom stereocenters. The van der Waals surface area contributed by atoms with Crippen molar-refractivity contribution >= 4 is 11.8 Å². The van der Waals surface area contributed by atoms with Gasteiger partial charge in [-0.1, -0.05) is 0 Å². The van der Waals surface area contributed by atoms with E-state index in [9.17, 15) is 9.59 Å². The number of nitrogens with zero attached hydrogens (tertiary/aromatic N) is 4. The molecular formula is C16H21N5O3. The molecule has 1 saturated heterocycles. The minimum Gasteiger partial charge on any atom is -0.472 e. The zero-order valence-electron chi connectivity index (χ0n) is 13.6. The molecule has 1 atom stereocenters. The number of aryl methyl sites for hydroxylation is 1. The highest BCUT2D eigenvalue weighted by molar-refractivity contribution is 5.94. The summed E-state index contributed by atoms with van der Waals surface area (Å²) < 4.78 is 6.85. The molecule has 8 heteroatoms. The first-order valence-electron chi connectivity index (χ1n) is 8.15. The van der Waals surface area contributed by atoms with Crippen LogP contribution in [0.2, 0.25) is 0 Å². The molecule has 3 heterocycles. The fraction of sp³-hybridized carbons (Fsp3) is 0.500. The Balaban J connectivity index is 1.56. The number of amides is 2. The number of rotatable bonds is 5. The zero-order valence-corrected chi connectivity index (χ0v) is 13.6. The number of carbonyl (C=O) groups is 2. The van der Waals surface area contributed by atoms with Crippen LogP contribution in [0.5, 0.6) is 0 Å². The molecule has 2 amide bonds. The smallest absolute Gasteiger partial charge is 0.257 e. The van der Waals surface area contributed by atoms with Crippen molar-refractivity contribution in [2.75, 3.05) is 13.1 Å². The lowest BCUT2D eigenvalue weighted by atomic mass is 9.96. The van der Waals surface area contributed by atoms with Gasteiger partial charge in [-0.2, -0.15) is 0 Å². The van der Waals surface area contributed by atoms with Crippen molar-refractivity contribution in [2.24, 2.45) is 5.92 Å². The minimum absolute atomic E-state index is 0.0506. The maximum Gasteiger partial charge on any atom is 0.257 e. The number of hydrogen-bond donors (Lipinski definition) is 1. The lowest BCUT2D eigenvalue weighted by Gasteiger charge is -2.31. The number of hydrogen-bond acceptors (Lipinski definition) is 5. The van der Waals surface area contributed by atoms with E-state index in [-0.39, 0.29) is 17.7 Å². The van der Waals surface area contributed by atoms with Gasteiger partial charge in [0.2, 0.25) is 5.91 Å². The quantitative estimate of drug-likeness (QED) is 0.884. The SMILES string of the molecule is CCn1cnnc1CNC(=O)C1CCCN(C(=O)c2ccoc2)C1. The normalized spacial score (nSPS) is 17.7. The topological polar surface area (TPSA) is 93.3 Å². The summed E-state index contributed by atoms with van der Waals surface area (Å²) in [7, 11) is 0. The van der Waals surface area contributed by atoms with E-state index in [0.29, 0.717) is 25.2 Å². The predicted octanol–water partition coefficient (Wildman–Crippen LogP) is 1.06. The van der Waals surface area contributed by atoms with Gasteiger partial charge in [0.05, 0.1) is 24.3 Å². The Morgan fingerprint density at radius 3 is 3.08 bits per heavy atom. The summed E-state index contributed by atoms with van der Waals surface area (Å²) in [6, 6.07) is 1.64. The zero-order chi connectivity index (χ0) is 16.9. The second-order valence-corrected chi connectivity index (χ2v) is 5.85. The summed E-state index contributed by atoms with van der Waals surface area (Å²) in [5, 5.41) is 10.8. The van der Waals surface area contributed by atoms with Crippen molar-refractivity contribution in [3.63, 3.8) is 0 Å². The van der Waals surface area contributed by atoms with Gasteiger partial charge in [-0.25, -0.2) is 0 Å². The monoisotopic (exact) mass is 331 g/mol. The largest absolute Gasteiger partial charge is 0.472 e. The Hall–Kier alpha value is -2.64. The molecule has 2 aromatic rings. The van der Waals surface area contributed by atoms with Gasteiger partial charge in [-0.05, 0) is 25.8 Å². The van der Waals surface area contributed by atoms with Crippen LogP contribution in [0.3, 0.4) is 0 Å². The van der Waals surface area contributed by atoms with Gasteiger partial charge in [0, 0.05) is 19.6 Å². The third-order valence-corrected chi connectivity index (χ3v) is 4.30. The lowest BCUT2D eigenvalue weighted by Crippen LogP contribution is -2.45. The molecule has 24 heavy (non-hydrogen) atoms. The second-order valence-electron chi connectivity index (χ2n) is 5.85. The van der Waals surface area contributed by atoms with Gasteiger partial charge < -0.3 is 19.2 Å². The average molecular weight is 331 g/mol. The molecule has 128 valence electrons. The number of nitrogens with one attached hydrogen (secondary N) is 1. The summed E-state index contributed by atoms with van der Waals surface area (Å²) >= 11 is 0. The van der Waals surface area contributed by atoms with E-state index in [1.165, 1.54) is 12.5 Å². The number of carbonyl (C=O) groups excluding carboxylic acids is 2. The Bertz CT molecular complexity index is 694. The van der Waals surface area contributed by atoms with E-state index in [4.69, 9.17) is 4.42 Å². The van der Waals surface area contributed by atoms with Gasteiger partial charge in [0.15, 0.2) is 5.82 Å². The minimum atomic E-state index is -0.201. The van der Waals surface area contributed by atoms with Crippen molar-refractivity contribution in [1.82, 2.24) is 25.0 Å². The van der Waals surface area contributed by atoms with Gasteiger partial charge in [0.25, 0.3) is 5.91 Å². The van der Waals surface area contributed by atoms with Gasteiger partial charge in [-0.3, -0.25) is 9.59 Å². The molecule has 1 fully saturated rings. The summed E-state index contributed by atoms with van der Waals surface area (Å²) in [4.78, 5) is 26.5. The highest BCUT2D eigenvalue weighted by Gasteiger charge is 2.29. The molecule has 2 aromatic heterocycles. The third kappa shape index (κ3) is 3.47. The molecular weight excluding hydrogens is 310 g/mol. The van der Waals surface area contributed by atoms with E-state index in [2.05, 4.69) is 15.5 Å². The first-order chi connectivity index (χ1) is 11.7. The van der Waals surface area contributed by atoms with Crippen molar-refractivity contribution in [3.05, 3.63) is 36.3 Å². The fourth-order valence-corrected chi connectivity index (χ4v) is 2.93. The third-order valence-electron chi connectivity index (χ3n) is 4.30. The standard InChI is InChI=1S/C16H21N5O3/c1-2-20-11-18-19-14(20)8-17-15(22)12-4-3-6-21(9-12)16(23)13-5-7-24-10-13/h5,7,10-12H,2-4,6,8-9H2,1H3,(H,17,22). The lowest BCUT2D eigenvalue weighted by molar-refractivity contribution is -0.126. The summed E-state index contributed by atoms with van der Waals surface area (Å²) in [6.07, 6.45) is 6.15. The fourth-order valence-electron chi connectivity index (χ4n) is 2.93. The van der Waals surface area contributed by atoms with Crippen LogP contribution in [0.4, 0.5) is 0 Å². The number of likely N-dealkylation sites (tertiary alicyclic amines) is 1. The molecule has 0 saturated carbocycles. The number of piperidine rings is 1. The van der Waals surface area contributed by atoms with Crippen LogP contribution in [0.25, 0.3) is 0 Å². The molecule has 0 bridgehead atoms. The summed E-state index contributed by atoms with van der Waals surface area (Å²) in [5.41, 5.74) is 0.520.